The van der Waals surface area contributed by atoms with Crippen LogP contribution in [0.1, 0.15) is 36.1 Å². The zero-order chi connectivity index (χ0) is 13.2. The molecule has 3 rings (SSSR count). The normalized spacial score (nSPS) is 17.5. The highest BCUT2D eigenvalue weighted by Crippen LogP contribution is 2.33. The van der Waals surface area contributed by atoms with Crippen LogP contribution < -0.4 is 4.74 Å². The third-order valence-corrected chi connectivity index (χ3v) is 3.58. The summed E-state index contributed by atoms with van der Waals surface area (Å²) >= 11 is 0. The first-order valence-electron chi connectivity index (χ1n) is 6.71. The Labute approximate surface area is 112 Å². The van der Waals surface area contributed by atoms with Gasteiger partial charge in [-0.2, -0.15) is 5.10 Å². The number of aryl methyl sites for hydroxylation is 2. The summed E-state index contributed by atoms with van der Waals surface area (Å²) in [7, 11) is 0. The van der Waals surface area contributed by atoms with Gasteiger partial charge in [0.2, 0.25) is 0 Å². The van der Waals surface area contributed by atoms with Crippen molar-refractivity contribution in [1.29, 1.82) is 0 Å². The molecule has 1 aromatic heterocycles. The SMILES string of the molecule is CCn1cc(COc2ccc3c(c2)CC[C@H]3O)cn1. The lowest BCUT2D eigenvalue weighted by atomic mass is 10.1. The number of benzene rings is 1. The van der Waals surface area contributed by atoms with Crippen LogP contribution in [0, 0.1) is 0 Å². The fourth-order valence-electron chi connectivity index (χ4n) is 2.48. The van der Waals surface area contributed by atoms with Gasteiger partial charge in [-0.05, 0) is 43.0 Å². The molecule has 1 N–H and O–H groups in total. The van der Waals surface area contributed by atoms with Crippen LogP contribution in [0.4, 0.5) is 0 Å². The second-order valence-electron chi connectivity index (χ2n) is 4.91. The molecule has 0 bridgehead atoms. The maximum atomic E-state index is 9.76. The van der Waals surface area contributed by atoms with Gasteiger partial charge < -0.3 is 9.84 Å². The van der Waals surface area contributed by atoms with Crippen molar-refractivity contribution in [1.82, 2.24) is 9.78 Å². The fourth-order valence-corrected chi connectivity index (χ4v) is 2.48. The average molecular weight is 258 g/mol. The number of nitrogens with zero attached hydrogens (tertiary/aromatic N) is 2. The summed E-state index contributed by atoms with van der Waals surface area (Å²) in [5, 5.41) is 14.0. The Hall–Kier alpha value is -1.81. The third kappa shape index (κ3) is 2.49. The van der Waals surface area contributed by atoms with E-state index in [4.69, 9.17) is 4.74 Å². The van der Waals surface area contributed by atoms with Crippen molar-refractivity contribution < 1.29 is 9.84 Å². The Kier molecular flexibility index (Phi) is 3.25. The van der Waals surface area contributed by atoms with Gasteiger partial charge >= 0.3 is 0 Å². The smallest absolute Gasteiger partial charge is 0.120 e. The average Bonchev–Trinajstić information content (AvgIpc) is 3.03. The third-order valence-electron chi connectivity index (χ3n) is 3.58. The van der Waals surface area contributed by atoms with E-state index < -0.39 is 0 Å². The highest BCUT2D eigenvalue weighted by molar-refractivity contribution is 5.39. The standard InChI is InChI=1S/C15H18N2O2/c1-2-17-9-11(8-16-17)10-19-13-4-5-14-12(7-13)3-6-15(14)18/h4-5,7-9,15,18H,2-3,6,10H2,1H3/t15-/m1/s1. The molecule has 4 nitrogen and oxygen atoms in total. The molecule has 4 heteroatoms. The molecule has 0 saturated carbocycles. The van der Waals surface area contributed by atoms with Crippen LogP contribution in [0.25, 0.3) is 0 Å². The van der Waals surface area contributed by atoms with Crippen LogP contribution in [0.5, 0.6) is 5.75 Å². The van der Waals surface area contributed by atoms with E-state index >= 15 is 0 Å². The molecule has 0 radical (unpaired) electrons. The molecule has 0 unspecified atom stereocenters. The van der Waals surface area contributed by atoms with Gasteiger partial charge in [0.05, 0.1) is 12.3 Å². The maximum Gasteiger partial charge on any atom is 0.120 e. The Morgan fingerprint density at radius 3 is 3.16 bits per heavy atom. The molecule has 19 heavy (non-hydrogen) atoms. The first-order chi connectivity index (χ1) is 9.26. The van der Waals surface area contributed by atoms with E-state index in [2.05, 4.69) is 12.0 Å². The predicted molar refractivity (Wildman–Crippen MR) is 72.0 cm³/mol. The first-order valence-corrected chi connectivity index (χ1v) is 6.71. The minimum absolute atomic E-state index is 0.299. The molecule has 1 aliphatic carbocycles. The highest BCUT2D eigenvalue weighted by atomic mass is 16.5. The van der Waals surface area contributed by atoms with Gasteiger partial charge in [-0.15, -0.1) is 0 Å². The van der Waals surface area contributed by atoms with Crippen molar-refractivity contribution in [2.24, 2.45) is 0 Å². The van der Waals surface area contributed by atoms with Crippen molar-refractivity contribution in [3.63, 3.8) is 0 Å². The lowest BCUT2D eigenvalue weighted by molar-refractivity contribution is 0.180. The summed E-state index contributed by atoms with van der Waals surface area (Å²) in [5.41, 5.74) is 3.32. The first kappa shape index (κ1) is 12.2. The van der Waals surface area contributed by atoms with E-state index in [0.717, 1.165) is 36.3 Å². The summed E-state index contributed by atoms with van der Waals surface area (Å²) in [6.07, 6.45) is 5.29. The molecule has 2 aromatic rings. The monoisotopic (exact) mass is 258 g/mol. The number of hydrogen-bond acceptors (Lipinski definition) is 3. The van der Waals surface area contributed by atoms with Crippen LogP contribution in [0.3, 0.4) is 0 Å². The Bertz CT molecular complexity index is 577. The van der Waals surface area contributed by atoms with Gasteiger partial charge in [0.25, 0.3) is 0 Å². The van der Waals surface area contributed by atoms with Crippen molar-refractivity contribution in [3.8, 4) is 5.75 Å². The second-order valence-corrected chi connectivity index (χ2v) is 4.91. The van der Waals surface area contributed by atoms with Gasteiger partial charge in [0.1, 0.15) is 12.4 Å². The van der Waals surface area contributed by atoms with Crippen LogP contribution in [-0.2, 0) is 19.6 Å². The van der Waals surface area contributed by atoms with Gasteiger partial charge in [0, 0.05) is 18.3 Å². The molecule has 1 atom stereocenters. The lowest BCUT2D eigenvalue weighted by Gasteiger charge is -2.08. The van der Waals surface area contributed by atoms with E-state index in [1.165, 1.54) is 5.56 Å². The van der Waals surface area contributed by atoms with Crippen LogP contribution in [0.2, 0.25) is 0 Å². The second kappa shape index (κ2) is 5.05. The number of hydrogen-bond donors (Lipinski definition) is 1. The zero-order valence-corrected chi connectivity index (χ0v) is 11.0. The quantitative estimate of drug-likeness (QED) is 0.916. The largest absolute Gasteiger partial charge is 0.489 e. The predicted octanol–water partition coefficient (Wildman–Crippen LogP) is 2.46. The minimum atomic E-state index is -0.299. The molecule has 0 saturated heterocycles. The number of ether oxygens (including phenoxy) is 1. The van der Waals surface area contributed by atoms with Crippen molar-refractivity contribution >= 4 is 0 Å². The number of aliphatic hydroxyl groups excluding tert-OH is 1. The molecule has 1 heterocycles. The Morgan fingerprint density at radius 1 is 1.47 bits per heavy atom. The number of aliphatic hydroxyl groups is 1. The summed E-state index contributed by atoms with van der Waals surface area (Å²) in [4.78, 5) is 0. The summed E-state index contributed by atoms with van der Waals surface area (Å²) in [6, 6.07) is 5.94. The van der Waals surface area contributed by atoms with Gasteiger partial charge in [-0.1, -0.05) is 6.07 Å². The zero-order valence-electron chi connectivity index (χ0n) is 11.0. The van der Waals surface area contributed by atoms with Crippen LogP contribution >= 0.6 is 0 Å². The fraction of sp³-hybridized carbons (Fsp3) is 0.400. The lowest BCUT2D eigenvalue weighted by Crippen LogP contribution is -1.96. The molecule has 0 fully saturated rings. The van der Waals surface area contributed by atoms with E-state index in [1.54, 1.807) is 0 Å². The molecule has 0 spiro atoms. The summed E-state index contributed by atoms with van der Waals surface area (Å²) < 4.78 is 7.66. The molecule has 100 valence electrons. The van der Waals surface area contributed by atoms with Gasteiger partial charge in [-0.3, -0.25) is 4.68 Å². The Balaban J connectivity index is 1.67. The molecule has 1 aliphatic rings. The van der Waals surface area contributed by atoms with E-state index in [0.29, 0.717) is 6.61 Å². The van der Waals surface area contributed by atoms with Crippen molar-refractivity contribution in [2.75, 3.05) is 0 Å². The number of fused-ring (bicyclic) bond motifs is 1. The van der Waals surface area contributed by atoms with E-state index in [-0.39, 0.29) is 6.10 Å². The van der Waals surface area contributed by atoms with E-state index in [1.807, 2.05) is 35.3 Å². The summed E-state index contributed by atoms with van der Waals surface area (Å²) in [5.74, 6) is 0.858. The van der Waals surface area contributed by atoms with Crippen molar-refractivity contribution in [3.05, 3.63) is 47.3 Å². The van der Waals surface area contributed by atoms with Crippen LogP contribution in [-0.4, -0.2) is 14.9 Å². The van der Waals surface area contributed by atoms with E-state index in [9.17, 15) is 5.11 Å². The molecule has 0 aliphatic heterocycles. The molecule has 1 aromatic carbocycles. The maximum absolute atomic E-state index is 9.76. The summed E-state index contributed by atoms with van der Waals surface area (Å²) in [6.45, 7) is 3.46. The number of aromatic nitrogens is 2. The Morgan fingerprint density at radius 2 is 2.37 bits per heavy atom. The molecular formula is C15H18N2O2. The topological polar surface area (TPSA) is 47.3 Å². The van der Waals surface area contributed by atoms with Gasteiger partial charge in [-0.25, -0.2) is 0 Å². The molecule has 0 amide bonds. The van der Waals surface area contributed by atoms with Crippen molar-refractivity contribution in [2.45, 2.75) is 39.0 Å². The van der Waals surface area contributed by atoms with Crippen LogP contribution in [0.15, 0.2) is 30.6 Å². The van der Waals surface area contributed by atoms with Gasteiger partial charge in [0.15, 0.2) is 0 Å². The minimum Gasteiger partial charge on any atom is -0.489 e. The highest BCUT2D eigenvalue weighted by Gasteiger charge is 2.20. The molecular weight excluding hydrogens is 240 g/mol. The number of rotatable bonds is 4.